The smallest absolute Gasteiger partial charge is 0.358 e. The minimum Gasteiger partial charge on any atom is -0.358 e. The first-order chi connectivity index (χ1) is 15.7. The fraction of sp³-hybridized carbons (Fsp3) is 0.148. The van der Waals surface area contributed by atoms with Crippen LogP contribution in [0.5, 0.6) is 0 Å². The molecule has 0 spiro atoms. The molecule has 0 bridgehead atoms. The zero-order chi connectivity index (χ0) is 21.7. The Labute approximate surface area is 185 Å². The number of hydrogen-bond acceptors (Lipinski definition) is 4. The molecular formula is C27H21N3O2. The maximum atomic E-state index is 11.6. The summed E-state index contributed by atoms with van der Waals surface area (Å²) in [6.45, 7) is 0. The van der Waals surface area contributed by atoms with Gasteiger partial charge in [0.15, 0.2) is 6.20 Å². The number of aryl methyl sites for hydroxylation is 2. The van der Waals surface area contributed by atoms with Crippen molar-refractivity contribution < 1.29 is 4.92 Å². The number of amidine groups is 1. The second kappa shape index (κ2) is 7.31. The molecule has 1 aliphatic carbocycles. The van der Waals surface area contributed by atoms with Crippen LogP contribution < -0.4 is 4.90 Å². The third-order valence-corrected chi connectivity index (χ3v) is 6.60. The van der Waals surface area contributed by atoms with E-state index >= 15 is 0 Å². The zero-order valence-electron chi connectivity index (χ0n) is 17.5. The van der Waals surface area contributed by atoms with Crippen LogP contribution in [0.3, 0.4) is 0 Å². The van der Waals surface area contributed by atoms with Crippen molar-refractivity contribution in [1.29, 1.82) is 0 Å². The molecule has 0 N–H and O–H groups in total. The molecule has 32 heavy (non-hydrogen) atoms. The Morgan fingerprint density at radius 2 is 1.69 bits per heavy atom. The molecule has 0 saturated heterocycles. The van der Waals surface area contributed by atoms with Gasteiger partial charge < -0.3 is 15.0 Å². The molecule has 0 radical (unpaired) electrons. The highest BCUT2D eigenvalue weighted by Crippen LogP contribution is 2.37. The molecule has 0 atom stereocenters. The lowest BCUT2D eigenvalue weighted by molar-refractivity contribution is -0.348. The summed E-state index contributed by atoms with van der Waals surface area (Å²) in [6.07, 6.45) is 8.12. The molecule has 0 fully saturated rings. The van der Waals surface area contributed by atoms with Gasteiger partial charge in [0.05, 0.1) is 17.5 Å². The Morgan fingerprint density at radius 3 is 2.59 bits per heavy atom. The Balaban J connectivity index is 1.55. The third kappa shape index (κ3) is 2.89. The lowest BCUT2D eigenvalue weighted by Crippen LogP contribution is -2.16. The van der Waals surface area contributed by atoms with Crippen molar-refractivity contribution in [2.45, 2.75) is 25.7 Å². The van der Waals surface area contributed by atoms with E-state index in [0.29, 0.717) is 5.56 Å². The molecule has 5 heteroatoms. The lowest BCUT2D eigenvalue weighted by atomic mass is 9.86. The van der Waals surface area contributed by atoms with Crippen LogP contribution in [-0.4, -0.2) is 10.8 Å². The Bertz CT molecular complexity index is 1470. The van der Waals surface area contributed by atoms with E-state index in [0.717, 1.165) is 24.2 Å². The van der Waals surface area contributed by atoms with Gasteiger partial charge in [-0.1, -0.05) is 42.5 Å². The SMILES string of the molecule is O=[N+]([O-])C1=NC=CN(c2ccc3ccc4c5c(ccc4c3c2)CCCC5)c2ccccc21. The molecule has 156 valence electrons. The number of fused-ring (bicyclic) bond motifs is 6. The van der Waals surface area contributed by atoms with Gasteiger partial charge in [0.1, 0.15) is 0 Å². The quantitative estimate of drug-likeness (QED) is 0.200. The van der Waals surface area contributed by atoms with Gasteiger partial charge in [-0.05, 0) is 92.5 Å². The number of rotatable bonds is 1. The fourth-order valence-electron chi connectivity index (χ4n) is 5.09. The van der Waals surface area contributed by atoms with Crippen LogP contribution in [0, 0.1) is 10.1 Å². The van der Waals surface area contributed by atoms with Crippen LogP contribution >= 0.6 is 0 Å². The molecule has 4 aromatic rings. The summed E-state index contributed by atoms with van der Waals surface area (Å²) in [5.74, 6) is -0.141. The van der Waals surface area contributed by atoms with Crippen molar-refractivity contribution in [3.8, 4) is 0 Å². The molecule has 1 heterocycles. The Kier molecular flexibility index (Phi) is 4.28. The van der Waals surface area contributed by atoms with Gasteiger partial charge in [0.2, 0.25) is 0 Å². The van der Waals surface area contributed by atoms with Crippen molar-refractivity contribution in [2.75, 3.05) is 4.90 Å². The van der Waals surface area contributed by atoms with E-state index in [4.69, 9.17) is 0 Å². The lowest BCUT2D eigenvalue weighted by Gasteiger charge is -2.22. The fourth-order valence-corrected chi connectivity index (χ4v) is 5.09. The highest BCUT2D eigenvalue weighted by molar-refractivity contribution is 6.10. The number of para-hydroxylation sites is 1. The minimum absolute atomic E-state index is 0.141. The number of nitro groups is 1. The largest absolute Gasteiger partial charge is 0.372 e. The van der Waals surface area contributed by atoms with Crippen LogP contribution in [0.2, 0.25) is 0 Å². The molecule has 4 aromatic carbocycles. The second-order valence-corrected chi connectivity index (χ2v) is 8.37. The van der Waals surface area contributed by atoms with Gasteiger partial charge in [0.25, 0.3) is 0 Å². The predicted octanol–water partition coefficient (Wildman–Crippen LogP) is 6.52. The average Bonchev–Trinajstić information content (AvgIpc) is 3.03. The maximum Gasteiger partial charge on any atom is 0.372 e. The monoisotopic (exact) mass is 419 g/mol. The summed E-state index contributed by atoms with van der Waals surface area (Å²) in [7, 11) is 0. The van der Waals surface area contributed by atoms with E-state index < -0.39 is 4.92 Å². The van der Waals surface area contributed by atoms with Crippen molar-refractivity contribution >= 4 is 38.8 Å². The average molecular weight is 419 g/mol. The van der Waals surface area contributed by atoms with Crippen LogP contribution in [0.25, 0.3) is 21.5 Å². The summed E-state index contributed by atoms with van der Waals surface area (Å²) < 4.78 is 0. The van der Waals surface area contributed by atoms with Crippen LogP contribution in [-0.2, 0) is 12.8 Å². The number of anilines is 2. The molecule has 6 rings (SSSR count). The van der Waals surface area contributed by atoms with Gasteiger partial charge in [-0.15, -0.1) is 0 Å². The van der Waals surface area contributed by atoms with E-state index in [1.807, 2.05) is 17.0 Å². The topological polar surface area (TPSA) is 58.7 Å². The van der Waals surface area contributed by atoms with Crippen molar-refractivity contribution in [1.82, 2.24) is 0 Å². The van der Waals surface area contributed by atoms with Crippen LogP contribution in [0.1, 0.15) is 29.5 Å². The summed E-state index contributed by atoms with van der Waals surface area (Å²) in [6, 6.07) is 22.7. The van der Waals surface area contributed by atoms with Gasteiger partial charge in [-0.3, -0.25) is 0 Å². The standard InChI is InChI=1S/C27H21N3O2/c31-30(32)27-24-7-3-4-8-26(24)29(16-15-28-27)20-12-9-19-11-13-22-21-6-2-1-5-18(21)10-14-23(22)25(19)17-20/h3-4,7-17H,1-2,5-6H2. The summed E-state index contributed by atoms with van der Waals surface area (Å²) >= 11 is 0. The normalized spacial score (nSPS) is 15.2. The summed E-state index contributed by atoms with van der Waals surface area (Å²) in [4.78, 5) is 17.2. The third-order valence-electron chi connectivity index (χ3n) is 6.60. The van der Waals surface area contributed by atoms with E-state index in [9.17, 15) is 10.1 Å². The minimum atomic E-state index is -0.427. The van der Waals surface area contributed by atoms with E-state index in [2.05, 4.69) is 47.5 Å². The van der Waals surface area contributed by atoms with Crippen LogP contribution in [0.15, 0.2) is 84.1 Å². The molecule has 0 aromatic heterocycles. The first kappa shape index (κ1) is 18.8. The number of nitrogens with zero attached hydrogens (tertiary/aromatic N) is 3. The first-order valence-electron chi connectivity index (χ1n) is 11.0. The predicted molar refractivity (Wildman–Crippen MR) is 129 cm³/mol. The van der Waals surface area contributed by atoms with Gasteiger partial charge in [0, 0.05) is 5.69 Å². The zero-order valence-corrected chi connectivity index (χ0v) is 17.5. The van der Waals surface area contributed by atoms with Gasteiger partial charge in [-0.25, -0.2) is 0 Å². The van der Waals surface area contributed by atoms with Crippen molar-refractivity contribution in [2.24, 2.45) is 4.99 Å². The molecule has 5 nitrogen and oxygen atoms in total. The number of hydrogen-bond donors (Lipinski definition) is 0. The summed E-state index contributed by atoms with van der Waals surface area (Å²) in [5.41, 5.74) is 5.17. The molecule has 1 aliphatic heterocycles. The van der Waals surface area contributed by atoms with E-state index in [-0.39, 0.29) is 5.84 Å². The second-order valence-electron chi connectivity index (χ2n) is 8.37. The van der Waals surface area contributed by atoms with E-state index in [1.54, 1.807) is 18.3 Å². The molecule has 0 unspecified atom stereocenters. The van der Waals surface area contributed by atoms with Crippen molar-refractivity contribution in [3.05, 3.63) is 106 Å². The van der Waals surface area contributed by atoms with Gasteiger partial charge in [-0.2, -0.15) is 0 Å². The number of aliphatic imine (C=N–C) groups is 1. The maximum absolute atomic E-state index is 11.6. The molecule has 0 amide bonds. The summed E-state index contributed by atoms with van der Waals surface area (Å²) in [5, 5.41) is 16.6. The molecule has 2 aliphatic rings. The highest BCUT2D eigenvalue weighted by atomic mass is 16.6. The first-order valence-corrected chi connectivity index (χ1v) is 11.0. The van der Waals surface area contributed by atoms with E-state index in [1.165, 1.54) is 51.7 Å². The van der Waals surface area contributed by atoms with Crippen molar-refractivity contribution in [3.63, 3.8) is 0 Å². The highest BCUT2D eigenvalue weighted by Gasteiger charge is 2.25. The van der Waals surface area contributed by atoms with Crippen LogP contribution in [0.4, 0.5) is 11.4 Å². The molecule has 0 saturated carbocycles. The van der Waals surface area contributed by atoms with Gasteiger partial charge >= 0.3 is 5.84 Å². The Morgan fingerprint density at radius 1 is 0.875 bits per heavy atom. The number of benzene rings is 4. The molecular weight excluding hydrogens is 398 g/mol. The Hall–Kier alpha value is -3.99.